The topological polar surface area (TPSA) is 105 Å². The lowest BCUT2D eigenvalue weighted by atomic mass is 10.1. The number of carbonyl (C=O) groups excluding carboxylic acids is 4. The Kier molecular flexibility index (Phi) is 10.1. The molecule has 8 nitrogen and oxygen atoms in total. The van der Waals surface area contributed by atoms with Gasteiger partial charge < -0.3 is 18.9 Å². The summed E-state index contributed by atoms with van der Waals surface area (Å²) in [6.07, 6.45) is -21.8. The second-order valence-corrected chi connectivity index (χ2v) is 8.38. The van der Waals surface area contributed by atoms with Gasteiger partial charge in [-0.05, 0) is 23.6 Å². The minimum atomic E-state index is -5.48. The molecular weight excluding hydrogens is 668 g/mol. The summed E-state index contributed by atoms with van der Waals surface area (Å²) in [6, 6.07) is 1.79. The fraction of sp³-hybridized carbons (Fsp3) is 0.154. The first-order valence-electron chi connectivity index (χ1n) is 11.2. The molecule has 0 fully saturated rings. The van der Waals surface area contributed by atoms with Crippen LogP contribution < -0.4 is 18.9 Å². The Hall–Kier alpha value is -5.30. The molecule has 0 N–H and O–H groups in total. The van der Waals surface area contributed by atoms with Gasteiger partial charge in [0.2, 0.25) is 0 Å². The molecule has 0 unspecified atom stereocenters. The van der Waals surface area contributed by atoms with Gasteiger partial charge in [-0.2, -0.15) is 52.7 Å². The summed E-state index contributed by atoms with van der Waals surface area (Å²) in [4.78, 5) is 48.3. The van der Waals surface area contributed by atoms with Gasteiger partial charge in [0.15, 0.2) is 23.0 Å². The third kappa shape index (κ3) is 8.66. The largest absolute Gasteiger partial charge is 0.422 e. The summed E-state index contributed by atoms with van der Waals surface area (Å²) in [6.45, 7) is 9.68. The van der Waals surface area contributed by atoms with Gasteiger partial charge in [-0.15, -0.1) is 0 Å². The number of hydrogen-bond donors (Lipinski definition) is 0. The van der Waals surface area contributed by atoms with Crippen LogP contribution in [0.1, 0.15) is 0 Å². The van der Waals surface area contributed by atoms with Gasteiger partial charge in [-0.1, -0.05) is 32.4 Å². The van der Waals surface area contributed by atoms with E-state index in [0.717, 1.165) is 0 Å². The zero-order valence-electron chi connectivity index (χ0n) is 21.9. The second kappa shape index (κ2) is 12.6. The van der Waals surface area contributed by atoms with Crippen molar-refractivity contribution in [1.82, 2.24) is 0 Å². The van der Waals surface area contributed by atoms with E-state index in [2.05, 4.69) is 45.3 Å². The zero-order valence-corrected chi connectivity index (χ0v) is 21.9. The summed E-state index contributed by atoms with van der Waals surface area (Å²) < 4.78 is 174. The number of alkyl halides is 12. The maximum atomic E-state index is 13.1. The molecule has 0 atom stereocenters. The molecule has 2 rings (SSSR count). The van der Waals surface area contributed by atoms with Gasteiger partial charge >= 0.3 is 48.6 Å². The number of rotatable bonds is 8. The Bertz CT molecular complexity index is 1640. The van der Waals surface area contributed by atoms with Gasteiger partial charge in [-0.3, -0.25) is 0 Å². The average Bonchev–Trinajstić information content (AvgIpc) is 2.90. The molecule has 0 aromatic heterocycles. The van der Waals surface area contributed by atoms with Gasteiger partial charge in [0.05, 0.1) is 0 Å². The molecule has 2 aromatic rings. The Morgan fingerprint density at radius 2 is 0.761 bits per heavy atom. The van der Waals surface area contributed by atoms with E-state index < -0.39 is 105 Å². The van der Waals surface area contributed by atoms with Crippen molar-refractivity contribution in [3.63, 3.8) is 0 Å². The van der Waals surface area contributed by atoms with E-state index in [1.165, 1.54) is 0 Å². The molecule has 0 radical (unpaired) electrons. The first-order chi connectivity index (χ1) is 20.7. The molecule has 0 heterocycles. The van der Waals surface area contributed by atoms with E-state index in [4.69, 9.17) is 0 Å². The molecule has 0 aliphatic rings. The molecule has 0 saturated carbocycles. The fourth-order valence-corrected chi connectivity index (χ4v) is 2.73. The molecule has 20 heteroatoms. The smallest absolute Gasteiger partial charge is 0.419 e. The third-order valence-electron chi connectivity index (χ3n) is 5.16. The maximum Gasteiger partial charge on any atom is 0.422 e. The predicted octanol–water partition coefficient (Wildman–Crippen LogP) is 6.94. The average molecular weight is 680 g/mol. The lowest BCUT2D eigenvalue weighted by molar-refractivity contribution is -0.145. The van der Waals surface area contributed by atoms with Gasteiger partial charge in [-0.25, -0.2) is 19.2 Å². The number of halogens is 12. The standard InChI is InChI=1S/C26H12F12O8/c1-9(23(27,28)29)19(39)43-15-6-5-13-7-16(44-20(40)10(2)24(30,31)32)17(45-21(41)11(3)25(33,34)35)8-14(13)18(15)46-22(42)12(4)26(36,37)38/h5-8H,1-4H2. The molecule has 2 aromatic carbocycles. The number of ether oxygens (including phenoxy) is 4. The number of benzene rings is 2. The highest BCUT2D eigenvalue weighted by molar-refractivity contribution is 6.01. The second-order valence-electron chi connectivity index (χ2n) is 8.38. The van der Waals surface area contributed by atoms with Crippen LogP contribution in [0.3, 0.4) is 0 Å². The van der Waals surface area contributed by atoms with Crippen LogP contribution in [0.2, 0.25) is 0 Å². The summed E-state index contributed by atoms with van der Waals surface area (Å²) in [5.74, 6) is -14.8. The Balaban J connectivity index is 2.88. The van der Waals surface area contributed by atoms with E-state index in [-0.39, 0.29) is 6.07 Å². The summed E-state index contributed by atoms with van der Waals surface area (Å²) in [5.41, 5.74) is -8.86. The molecule has 0 aliphatic carbocycles. The lowest BCUT2D eigenvalue weighted by Crippen LogP contribution is -2.25. The van der Waals surface area contributed by atoms with Crippen molar-refractivity contribution in [2.45, 2.75) is 24.7 Å². The molecule has 0 amide bonds. The van der Waals surface area contributed by atoms with Gasteiger partial charge in [0.1, 0.15) is 22.3 Å². The van der Waals surface area contributed by atoms with E-state index >= 15 is 0 Å². The van der Waals surface area contributed by atoms with Crippen LogP contribution in [0.4, 0.5) is 52.7 Å². The highest BCUT2D eigenvalue weighted by Crippen LogP contribution is 2.44. The molecule has 248 valence electrons. The predicted molar refractivity (Wildman–Crippen MR) is 127 cm³/mol. The summed E-state index contributed by atoms with van der Waals surface area (Å²) in [5, 5.41) is -1.52. The van der Waals surface area contributed by atoms with Crippen molar-refractivity contribution in [2.75, 3.05) is 0 Å². The molecule has 0 saturated heterocycles. The Morgan fingerprint density at radius 1 is 0.457 bits per heavy atom. The van der Waals surface area contributed by atoms with E-state index in [1.807, 2.05) is 0 Å². The highest BCUT2D eigenvalue weighted by Gasteiger charge is 2.42. The molecule has 0 aliphatic heterocycles. The van der Waals surface area contributed by atoms with Crippen molar-refractivity contribution in [2.24, 2.45) is 0 Å². The van der Waals surface area contributed by atoms with Crippen molar-refractivity contribution < 1.29 is 90.8 Å². The summed E-state index contributed by atoms with van der Waals surface area (Å²) in [7, 11) is 0. The number of hydrogen-bond acceptors (Lipinski definition) is 8. The Labute approximate surface area is 246 Å². The number of fused-ring (bicyclic) bond motifs is 1. The van der Waals surface area contributed by atoms with E-state index in [9.17, 15) is 71.9 Å². The monoisotopic (exact) mass is 680 g/mol. The van der Waals surface area contributed by atoms with Crippen LogP contribution in [0, 0.1) is 0 Å². The number of carbonyl (C=O) groups is 4. The van der Waals surface area contributed by atoms with Crippen LogP contribution >= 0.6 is 0 Å². The minimum Gasteiger partial charge on any atom is -0.419 e. The lowest BCUT2D eigenvalue weighted by Gasteiger charge is -2.18. The first kappa shape index (κ1) is 36.9. The summed E-state index contributed by atoms with van der Waals surface area (Å²) >= 11 is 0. The van der Waals surface area contributed by atoms with Crippen molar-refractivity contribution >= 4 is 34.6 Å². The first-order valence-corrected chi connectivity index (χ1v) is 11.2. The van der Waals surface area contributed by atoms with Crippen molar-refractivity contribution in [3.05, 3.63) is 72.9 Å². The van der Waals surface area contributed by atoms with E-state index in [1.54, 1.807) is 0 Å². The van der Waals surface area contributed by atoms with Crippen LogP contribution in [-0.4, -0.2) is 48.6 Å². The Morgan fingerprint density at radius 3 is 1.11 bits per heavy atom. The number of esters is 4. The van der Waals surface area contributed by atoms with Crippen LogP contribution in [0.15, 0.2) is 72.9 Å². The molecule has 0 spiro atoms. The normalized spacial score (nSPS) is 12.2. The molecule has 0 bridgehead atoms. The van der Waals surface area contributed by atoms with Crippen molar-refractivity contribution in [3.8, 4) is 23.0 Å². The van der Waals surface area contributed by atoms with Crippen LogP contribution in [-0.2, 0) is 19.2 Å². The fourth-order valence-electron chi connectivity index (χ4n) is 2.73. The minimum absolute atomic E-state index is 0.227. The third-order valence-corrected chi connectivity index (χ3v) is 5.16. The van der Waals surface area contributed by atoms with Gasteiger partial charge in [0, 0.05) is 5.39 Å². The zero-order chi connectivity index (χ0) is 35.7. The van der Waals surface area contributed by atoms with Crippen LogP contribution in [0.25, 0.3) is 10.8 Å². The van der Waals surface area contributed by atoms with E-state index in [0.29, 0.717) is 18.2 Å². The molecular formula is C26H12F12O8. The van der Waals surface area contributed by atoms with Crippen LogP contribution in [0.5, 0.6) is 23.0 Å². The van der Waals surface area contributed by atoms with Gasteiger partial charge in [0.25, 0.3) is 0 Å². The highest BCUT2D eigenvalue weighted by atomic mass is 19.4. The van der Waals surface area contributed by atoms with Crippen molar-refractivity contribution in [1.29, 1.82) is 0 Å². The molecule has 46 heavy (non-hydrogen) atoms. The maximum absolute atomic E-state index is 13.1. The quantitative estimate of drug-likeness (QED) is 0.128. The SMILES string of the molecule is C=C(C(=O)Oc1cc2ccc(OC(=O)C(=C)C(F)(F)F)c(OC(=O)C(=C)C(F)(F)F)c2cc1OC(=O)C(=C)C(F)(F)F)C(F)(F)F.